The number of amides is 1. The normalized spacial score (nSPS) is 15.2. The molecule has 4 rings (SSSR count). The molecule has 1 aromatic heterocycles. The van der Waals surface area contributed by atoms with E-state index < -0.39 is 11.9 Å². The van der Waals surface area contributed by atoms with E-state index in [2.05, 4.69) is 15.3 Å². The standard InChI is InChI=1S/C21H18ClFN4O3/c22-17-11-13(3-6-18(17)23)19-7-8-24-20(26-19)25-15-4-1-12-2-5-16(10-14(12)9-15)30-21(28)27-29/h2-3,5-8,10-11,15,29H,1,4,9H2,(H,27,28)(H,24,25,26). The van der Waals surface area contributed by atoms with Crippen molar-refractivity contribution in [3.05, 3.63) is 70.6 Å². The minimum absolute atomic E-state index is 0.0393. The number of aryl methyl sites for hydroxylation is 1. The molecule has 7 nitrogen and oxygen atoms in total. The second-order valence-corrected chi connectivity index (χ2v) is 7.32. The number of halogens is 2. The number of carbonyl (C=O) groups is 1. The van der Waals surface area contributed by atoms with E-state index in [0.29, 0.717) is 29.4 Å². The summed E-state index contributed by atoms with van der Waals surface area (Å²) in [5, 5.41) is 12.0. The Morgan fingerprint density at radius 3 is 2.87 bits per heavy atom. The lowest BCUT2D eigenvalue weighted by Crippen LogP contribution is -2.28. The molecule has 0 radical (unpaired) electrons. The third-order valence-corrected chi connectivity index (χ3v) is 5.20. The molecular formula is C21H18ClFN4O3. The first kappa shape index (κ1) is 20.1. The van der Waals surface area contributed by atoms with Crippen molar-refractivity contribution >= 4 is 23.6 Å². The summed E-state index contributed by atoms with van der Waals surface area (Å²) in [6, 6.07) is 11.7. The number of carbonyl (C=O) groups excluding carboxylic acids is 1. The van der Waals surface area contributed by atoms with Crippen molar-refractivity contribution in [2.45, 2.75) is 25.3 Å². The van der Waals surface area contributed by atoms with Gasteiger partial charge in [0.2, 0.25) is 5.95 Å². The molecule has 1 unspecified atom stereocenters. The van der Waals surface area contributed by atoms with Gasteiger partial charge in [-0.05, 0) is 66.8 Å². The predicted octanol–water partition coefficient (Wildman–Crippen LogP) is 4.38. The maximum Gasteiger partial charge on any atom is 0.436 e. The van der Waals surface area contributed by atoms with E-state index in [4.69, 9.17) is 21.5 Å². The Kier molecular flexibility index (Phi) is 5.78. The van der Waals surface area contributed by atoms with E-state index in [0.717, 1.165) is 18.4 Å². The van der Waals surface area contributed by atoms with Gasteiger partial charge in [-0.25, -0.2) is 24.6 Å². The van der Waals surface area contributed by atoms with Gasteiger partial charge in [-0.3, -0.25) is 5.21 Å². The summed E-state index contributed by atoms with van der Waals surface area (Å²) in [5.74, 6) is 0.342. The van der Waals surface area contributed by atoms with Gasteiger partial charge in [0.15, 0.2) is 0 Å². The molecule has 9 heteroatoms. The van der Waals surface area contributed by atoms with Gasteiger partial charge in [0.05, 0.1) is 10.7 Å². The molecule has 0 bridgehead atoms. The van der Waals surface area contributed by atoms with Crippen molar-refractivity contribution < 1.29 is 19.1 Å². The average Bonchev–Trinajstić information content (AvgIpc) is 2.75. The van der Waals surface area contributed by atoms with Crippen LogP contribution in [0.5, 0.6) is 5.75 Å². The van der Waals surface area contributed by atoms with Crippen LogP contribution in [0.4, 0.5) is 15.1 Å². The fourth-order valence-corrected chi connectivity index (χ4v) is 3.66. The molecule has 1 atom stereocenters. The number of aromatic nitrogens is 2. The largest absolute Gasteiger partial charge is 0.436 e. The Hall–Kier alpha value is -3.23. The zero-order valence-corrected chi connectivity index (χ0v) is 16.5. The fraction of sp³-hybridized carbons (Fsp3) is 0.190. The molecule has 154 valence electrons. The summed E-state index contributed by atoms with van der Waals surface area (Å²) in [4.78, 5) is 20.0. The van der Waals surface area contributed by atoms with Crippen LogP contribution in [0.1, 0.15) is 17.5 Å². The third-order valence-electron chi connectivity index (χ3n) is 4.91. The van der Waals surface area contributed by atoms with Gasteiger partial charge in [-0.2, -0.15) is 0 Å². The van der Waals surface area contributed by atoms with Gasteiger partial charge < -0.3 is 10.1 Å². The summed E-state index contributed by atoms with van der Waals surface area (Å²) >= 11 is 5.88. The van der Waals surface area contributed by atoms with E-state index in [1.165, 1.54) is 23.2 Å². The fourth-order valence-electron chi connectivity index (χ4n) is 3.48. The highest BCUT2D eigenvalue weighted by atomic mass is 35.5. The number of hydrogen-bond acceptors (Lipinski definition) is 6. The Labute approximate surface area is 176 Å². The highest BCUT2D eigenvalue weighted by Gasteiger charge is 2.20. The summed E-state index contributed by atoms with van der Waals surface area (Å²) in [6.45, 7) is 0. The Morgan fingerprint density at radius 1 is 1.20 bits per heavy atom. The van der Waals surface area contributed by atoms with Crippen LogP contribution in [0.15, 0.2) is 48.7 Å². The maximum atomic E-state index is 13.4. The van der Waals surface area contributed by atoms with Gasteiger partial charge in [-0.1, -0.05) is 17.7 Å². The molecule has 0 saturated carbocycles. The third kappa shape index (κ3) is 4.50. The second-order valence-electron chi connectivity index (χ2n) is 6.91. The molecule has 1 amide bonds. The van der Waals surface area contributed by atoms with Crippen LogP contribution < -0.4 is 15.5 Å². The molecule has 3 aromatic rings. The predicted molar refractivity (Wildman–Crippen MR) is 109 cm³/mol. The van der Waals surface area contributed by atoms with Crippen LogP contribution in [-0.2, 0) is 12.8 Å². The van der Waals surface area contributed by atoms with E-state index in [1.54, 1.807) is 30.5 Å². The van der Waals surface area contributed by atoms with Crippen LogP contribution in [0.2, 0.25) is 5.02 Å². The molecule has 30 heavy (non-hydrogen) atoms. The van der Waals surface area contributed by atoms with Crippen molar-refractivity contribution in [3.63, 3.8) is 0 Å². The number of fused-ring (bicyclic) bond motifs is 1. The number of anilines is 1. The van der Waals surface area contributed by atoms with Crippen molar-refractivity contribution in [1.29, 1.82) is 0 Å². The second kappa shape index (κ2) is 8.64. The number of nitrogens with one attached hydrogen (secondary N) is 2. The SMILES string of the molecule is O=C(NO)Oc1ccc2c(c1)CC(Nc1nccc(-c3ccc(F)c(Cl)c3)n1)CC2. The lowest BCUT2D eigenvalue weighted by atomic mass is 9.88. The summed E-state index contributed by atoms with van der Waals surface area (Å²) in [5.41, 5.74) is 5.00. The van der Waals surface area contributed by atoms with Crippen molar-refractivity contribution in [2.24, 2.45) is 0 Å². The number of hydrogen-bond donors (Lipinski definition) is 3. The van der Waals surface area contributed by atoms with Crippen LogP contribution in [0.25, 0.3) is 11.3 Å². The Bertz CT molecular complexity index is 1100. The van der Waals surface area contributed by atoms with Crippen molar-refractivity contribution in [2.75, 3.05) is 5.32 Å². The zero-order chi connectivity index (χ0) is 21.1. The molecule has 3 N–H and O–H groups in total. The first-order chi connectivity index (χ1) is 14.5. The van der Waals surface area contributed by atoms with Crippen LogP contribution >= 0.6 is 11.6 Å². The zero-order valence-electron chi connectivity index (χ0n) is 15.7. The van der Waals surface area contributed by atoms with E-state index in [9.17, 15) is 9.18 Å². The van der Waals surface area contributed by atoms with E-state index in [-0.39, 0.29) is 11.1 Å². The number of ether oxygens (including phenoxy) is 1. The van der Waals surface area contributed by atoms with Gasteiger partial charge in [0, 0.05) is 17.8 Å². The summed E-state index contributed by atoms with van der Waals surface area (Å²) < 4.78 is 18.4. The molecule has 0 spiro atoms. The van der Waals surface area contributed by atoms with Gasteiger partial charge in [0.25, 0.3) is 0 Å². The van der Waals surface area contributed by atoms with Crippen molar-refractivity contribution in [1.82, 2.24) is 15.4 Å². The maximum absolute atomic E-state index is 13.4. The molecule has 0 saturated heterocycles. The molecule has 0 aliphatic heterocycles. The quantitative estimate of drug-likeness (QED) is 0.421. The molecule has 1 aliphatic rings. The minimum Gasteiger partial charge on any atom is -0.409 e. The highest BCUT2D eigenvalue weighted by Crippen LogP contribution is 2.28. The lowest BCUT2D eigenvalue weighted by molar-refractivity contribution is 0.127. The van der Waals surface area contributed by atoms with Crippen molar-refractivity contribution in [3.8, 4) is 17.0 Å². The number of hydroxylamine groups is 1. The lowest BCUT2D eigenvalue weighted by Gasteiger charge is -2.26. The molecular weight excluding hydrogens is 411 g/mol. The van der Waals surface area contributed by atoms with Crippen LogP contribution in [-0.4, -0.2) is 27.3 Å². The summed E-state index contributed by atoms with van der Waals surface area (Å²) in [6.07, 6.45) is 3.14. The molecule has 0 fully saturated rings. The Balaban J connectivity index is 1.49. The summed E-state index contributed by atoms with van der Waals surface area (Å²) in [7, 11) is 0. The van der Waals surface area contributed by atoms with Gasteiger partial charge in [-0.15, -0.1) is 0 Å². The minimum atomic E-state index is -0.938. The average molecular weight is 429 g/mol. The van der Waals surface area contributed by atoms with E-state index >= 15 is 0 Å². The molecule has 1 aliphatic carbocycles. The smallest absolute Gasteiger partial charge is 0.409 e. The number of rotatable bonds is 4. The topological polar surface area (TPSA) is 96.4 Å². The van der Waals surface area contributed by atoms with E-state index in [1.807, 2.05) is 6.07 Å². The molecule has 2 aromatic carbocycles. The first-order valence-corrected chi connectivity index (χ1v) is 9.68. The number of nitrogens with zero attached hydrogens (tertiary/aromatic N) is 2. The highest BCUT2D eigenvalue weighted by molar-refractivity contribution is 6.31. The monoisotopic (exact) mass is 428 g/mol. The Morgan fingerprint density at radius 2 is 2.07 bits per heavy atom. The van der Waals surface area contributed by atoms with Gasteiger partial charge >= 0.3 is 6.09 Å². The van der Waals surface area contributed by atoms with Gasteiger partial charge in [0.1, 0.15) is 11.6 Å². The first-order valence-electron chi connectivity index (χ1n) is 9.30. The molecule has 1 heterocycles. The number of benzene rings is 2. The van der Waals surface area contributed by atoms with Crippen LogP contribution in [0.3, 0.4) is 0 Å². The van der Waals surface area contributed by atoms with Crippen LogP contribution in [0, 0.1) is 5.82 Å².